The van der Waals surface area contributed by atoms with Crippen molar-refractivity contribution < 1.29 is 9.72 Å². The highest BCUT2D eigenvalue weighted by Gasteiger charge is 2.16. The molecule has 1 aromatic heterocycles. The Morgan fingerprint density at radius 1 is 1.30 bits per heavy atom. The molecule has 122 valence electrons. The molecular formula is C15H19N5O3. The Kier molecular flexibility index (Phi) is 5.81. The maximum absolute atomic E-state index is 12.3. The molecule has 2 rings (SSSR count). The highest BCUT2D eigenvalue weighted by atomic mass is 16.6. The summed E-state index contributed by atoms with van der Waals surface area (Å²) in [6.45, 7) is 1.31. The van der Waals surface area contributed by atoms with Gasteiger partial charge in [-0.1, -0.05) is 30.3 Å². The molecule has 1 amide bonds. The van der Waals surface area contributed by atoms with Gasteiger partial charge < -0.3 is 10.6 Å². The van der Waals surface area contributed by atoms with Crippen molar-refractivity contribution in [2.75, 3.05) is 19.6 Å². The smallest absolute Gasteiger partial charge is 0.307 e. The lowest BCUT2D eigenvalue weighted by Crippen LogP contribution is -2.39. The van der Waals surface area contributed by atoms with Crippen LogP contribution in [0.3, 0.4) is 0 Å². The molecule has 0 unspecified atom stereocenters. The van der Waals surface area contributed by atoms with Crippen molar-refractivity contribution in [1.29, 1.82) is 0 Å². The molecule has 0 aliphatic rings. The predicted molar refractivity (Wildman–Crippen MR) is 84.7 cm³/mol. The van der Waals surface area contributed by atoms with E-state index in [0.29, 0.717) is 19.6 Å². The fourth-order valence-corrected chi connectivity index (χ4v) is 2.20. The van der Waals surface area contributed by atoms with Gasteiger partial charge in [-0.3, -0.25) is 19.6 Å². The van der Waals surface area contributed by atoms with Crippen LogP contribution in [0.2, 0.25) is 0 Å². The van der Waals surface area contributed by atoms with Crippen LogP contribution in [-0.2, 0) is 17.8 Å². The van der Waals surface area contributed by atoms with E-state index in [0.717, 1.165) is 18.2 Å². The topological polar surface area (TPSA) is 107 Å². The number of benzene rings is 1. The highest BCUT2D eigenvalue weighted by molar-refractivity contribution is 5.76. The number of nitro groups is 1. The van der Waals surface area contributed by atoms with Gasteiger partial charge in [0.2, 0.25) is 5.91 Å². The number of rotatable bonds is 8. The van der Waals surface area contributed by atoms with Crippen molar-refractivity contribution in [2.45, 2.75) is 13.0 Å². The average molecular weight is 317 g/mol. The number of carbonyl (C=O) groups is 1. The van der Waals surface area contributed by atoms with E-state index in [-0.39, 0.29) is 18.1 Å². The molecule has 8 nitrogen and oxygen atoms in total. The van der Waals surface area contributed by atoms with Crippen molar-refractivity contribution in [1.82, 2.24) is 14.7 Å². The largest absolute Gasteiger partial charge is 0.339 e. The van der Waals surface area contributed by atoms with E-state index in [4.69, 9.17) is 5.73 Å². The van der Waals surface area contributed by atoms with Crippen LogP contribution in [-0.4, -0.2) is 45.1 Å². The van der Waals surface area contributed by atoms with Crippen LogP contribution >= 0.6 is 0 Å². The number of hydrogen-bond donors (Lipinski definition) is 1. The van der Waals surface area contributed by atoms with Crippen molar-refractivity contribution in [3.05, 3.63) is 58.4 Å². The fraction of sp³-hybridized carbons (Fsp3) is 0.333. The lowest BCUT2D eigenvalue weighted by Gasteiger charge is -2.22. The van der Waals surface area contributed by atoms with Crippen LogP contribution < -0.4 is 5.73 Å². The molecule has 0 fully saturated rings. The van der Waals surface area contributed by atoms with Gasteiger partial charge in [0.15, 0.2) is 0 Å². The Hall–Kier alpha value is -2.74. The zero-order valence-electron chi connectivity index (χ0n) is 12.7. The van der Waals surface area contributed by atoms with Crippen molar-refractivity contribution in [3.8, 4) is 0 Å². The van der Waals surface area contributed by atoms with E-state index in [1.807, 2.05) is 30.3 Å². The number of nitrogens with zero attached hydrogens (tertiary/aromatic N) is 4. The van der Waals surface area contributed by atoms with Crippen LogP contribution in [0.1, 0.15) is 5.56 Å². The molecule has 1 aromatic carbocycles. The SMILES string of the molecule is NCCN(CCc1ccccc1)C(=O)Cn1cc([N+](=O)[O-])cn1. The summed E-state index contributed by atoms with van der Waals surface area (Å²) in [7, 11) is 0. The van der Waals surface area contributed by atoms with Gasteiger partial charge in [0, 0.05) is 19.6 Å². The third kappa shape index (κ3) is 4.89. The highest BCUT2D eigenvalue weighted by Crippen LogP contribution is 2.08. The molecule has 1 heterocycles. The minimum atomic E-state index is -0.541. The van der Waals surface area contributed by atoms with Crippen molar-refractivity contribution in [2.24, 2.45) is 5.73 Å². The Labute approximate surface area is 133 Å². The summed E-state index contributed by atoms with van der Waals surface area (Å²) in [6, 6.07) is 9.85. The van der Waals surface area contributed by atoms with Crippen LogP contribution in [0.5, 0.6) is 0 Å². The molecule has 0 atom stereocenters. The molecule has 23 heavy (non-hydrogen) atoms. The van der Waals surface area contributed by atoms with Crippen LogP contribution in [0, 0.1) is 10.1 Å². The van der Waals surface area contributed by atoms with Crippen molar-refractivity contribution in [3.63, 3.8) is 0 Å². The number of carbonyl (C=O) groups excluding carboxylic acids is 1. The summed E-state index contributed by atoms with van der Waals surface area (Å²) in [4.78, 5) is 24.1. The Bertz CT molecular complexity index is 656. The van der Waals surface area contributed by atoms with Gasteiger partial charge in [-0.2, -0.15) is 5.10 Å². The van der Waals surface area contributed by atoms with Gasteiger partial charge in [-0.25, -0.2) is 0 Å². The summed E-state index contributed by atoms with van der Waals surface area (Å²) in [5, 5.41) is 14.5. The molecule has 0 bridgehead atoms. The minimum Gasteiger partial charge on any atom is -0.339 e. The molecular weight excluding hydrogens is 298 g/mol. The maximum atomic E-state index is 12.3. The van der Waals surface area contributed by atoms with Crippen LogP contribution in [0.4, 0.5) is 5.69 Å². The Morgan fingerprint density at radius 2 is 2.04 bits per heavy atom. The molecule has 0 saturated heterocycles. The predicted octanol–water partition coefficient (Wildman–Crippen LogP) is 0.821. The third-order valence-electron chi connectivity index (χ3n) is 3.39. The van der Waals surface area contributed by atoms with Gasteiger partial charge in [0.05, 0.1) is 4.92 Å². The van der Waals surface area contributed by atoms with E-state index in [1.165, 1.54) is 10.9 Å². The van der Waals surface area contributed by atoms with E-state index >= 15 is 0 Å². The molecule has 8 heteroatoms. The first kappa shape index (κ1) is 16.6. The van der Waals surface area contributed by atoms with E-state index in [1.54, 1.807) is 4.90 Å². The standard InChI is InChI=1S/C15H19N5O3/c16-7-9-18(8-6-13-4-2-1-3-5-13)15(21)12-19-11-14(10-17-19)20(22)23/h1-5,10-11H,6-9,12,16H2. The number of hydrogen-bond acceptors (Lipinski definition) is 5. The first-order valence-electron chi connectivity index (χ1n) is 7.28. The average Bonchev–Trinajstić information content (AvgIpc) is 3.01. The van der Waals surface area contributed by atoms with Gasteiger partial charge in [0.25, 0.3) is 0 Å². The molecule has 0 aliphatic heterocycles. The summed E-state index contributed by atoms with van der Waals surface area (Å²) >= 11 is 0. The summed E-state index contributed by atoms with van der Waals surface area (Å²) in [6.07, 6.45) is 3.10. The van der Waals surface area contributed by atoms with Crippen molar-refractivity contribution >= 4 is 11.6 Å². The third-order valence-corrected chi connectivity index (χ3v) is 3.39. The first-order valence-corrected chi connectivity index (χ1v) is 7.28. The normalized spacial score (nSPS) is 10.5. The Balaban J connectivity index is 1.95. The second kappa shape index (κ2) is 8.04. The van der Waals surface area contributed by atoms with Gasteiger partial charge in [-0.15, -0.1) is 0 Å². The minimum absolute atomic E-state index is 0.0391. The number of aromatic nitrogens is 2. The summed E-state index contributed by atoms with van der Waals surface area (Å²) in [5.74, 6) is -0.163. The molecule has 0 aliphatic carbocycles. The van der Waals surface area contributed by atoms with Crippen LogP contribution in [0.25, 0.3) is 0 Å². The zero-order valence-corrected chi connectivity index (χ0v) is 12.7. The maximum Gasteiger partial charge on any atom is 0.307 e. The van der Waals surface area contributed by atoms with E-state index in [9.17, 15) is 14.9 Å². The lowest BCUT2D eigenvalue weighted by atomic mass is 10.1. The number of nitrogens with two attached hydrogens (primary N) is 1. The zero-order chi connectivity index (χ0) is 16.7. The monoisotopic (exact) mass is 317 g/mol. The summed E-state index contributed by atoms with van der Waals surface area (Å²) < 4.78 is 1.27. The Morgan fingerprint density at radius 3 is 2.65 bits per heavy atom. The quantitative estimate of drug-likeness (QED) is 0.573. The van der Waals surface area contributed by atoms with Gasteiger partial charge in [0.1, 0.15) is 18.9 Å². The second-order valence-electron chi connectivity index (χ2n) is 5.06. The lowest BCUT2D eigenvalue weighted by molar-refractivity contribution is -0.385. The van der Waals surface area contributed by atoms with Gasteiger partial charge in [-0.05, 0) is 12.0 Å². The first-order chi connectivity index (χ1) is 11.1. The molecule has 0 spiro atoms. The molecule has 2 N–H and O–H groups in total. The molecule has 0 saturated carbocycles. The molecule has 2 aromatic rings. The second-order valence-corrected chi connectivity index (χ2v) is 5.06. The van der Waals surface area contributed by atoms with E-state index < -0.39 is 4.92 Å². The van der Waals surface area contributed by atoms with Crippen LogP contribution in [0.15, 0.2) is 42.7 Å². The van der Waals surface area contributed by atoms with Gasteiger partial charge >= 0.3 is 5.69 Å². The number of amides is 1. The molecule has 0 radical (unpaired) electrons. The van der Waals surface area contributed by atoms with E-state index in [2.05, 4.69) is 5.10 Å². The fourth-order valence-electron chi connectivity index (χ4n) is 2.20. The summed E-state index contributed by atoms with van der Waals surface area (Å²) in [5.41, 5.74) is 6.57.